The predicted octanol–water partition coefficient (Wildman–Crippen LogP) is 1.54. The number of aliphatic carboxylic acids is 1. The molecule has 0 heterocycles. The second-order valence-corrected chi connectivity index (χ2v) is 6.02. The van der Waals surface area contributed by atoms with Crippen LogP contribution < -0.4 is 10.6 Å². The quantitative estimate of drug-likeness (QED) is 0.702. The lowest BCUT2D eigenvalue weighted by molar-refractivity contribution is -0.141. The van der Waals surface area contributed by atoms with Crippen LogP contribution in [0.1, 0.15) is 27.7 Å². The molecule has 2 amide bonds. The Bertz CT molecular complexity index is 276. The normalized spacial score (nSPS) is 14.9. The van der Waals surface area contributed by atoms with Gasteiger partial charge in [0.2, 0.25) is 0 Å². The van der Waals surface area contributed by atoms with E-state index in [1.165, 1.54) is 0 Å². The van der Waals surface area contributed by atoms with Crippen molar-refractivity contribution in [1.82, 2.24) is 10.6 Å². The lowest BCUT2D eigenvalue weighted by atomic mass is 9.87. The number of hydrogen-bond donors (Lipinski definition) is 3. The third-order valence-corrected chi connectivity index (χ3v) is 3.02. The minimum absolute atomic E-state index is 0.0133. The van der Waals surface area contributed by atoms with Gasteiger partial charge in [0.25, 0.3) is 0 Å². The summed E-state index contributed by atoms with van der Waals surface area (Å²) in [6.07, 6.45) is 1.95. The molecule has 17 heavy (non-hydrogen) atoms. The first-order valence-electron chi connectivity index (χ1n) is 5.47. The van der Waals surface area contributed by atoms with Crippen LogP contribution in [0.3, 0.4) is 0 Å². The van der Waals surface area contributed by atoms with Crippen LogP contribution in [-0.4, -0.2) is 41.2 Å². The Morgan fingerprint density at radius 2 is 1.82 bits per heavy atom. The van der Waals surface area contributed by atoms with Gasteiger partial charge < -0.3 is 15.7 Å². The third kappa shape index (κ3) is 6.41. The molecule has 2 atom stereocenters. The van der Waals surface area contributed by atoms with Gasteiger partial charge in [-0.15, -0.1) is 0 Å². The average molecular weight is 262 g/mol. The minimum atomic E-state index is -1.02. The van der Waals surface area contributed by atoms with Gasteiger partial charge in [0, 0.05) is 11.8 Å². The fourth-order valence-electron chi connectivity index (χ4n) is 1.34. The van der Waals surface area contributed by atoms with Crippen LogP contribution in [0, 0.1) is 5.41 Å². The molecule has 0 saturated heterocycles. The number of carboxylic acids is 1. The van der Waals surface area contributed by atoms with Crippen molar-refractivity contribution in [3.05, 3.63) is 0 Å². The summed E-state index contributed by atoms with van der Waals surface area (Å²) in [7, 11) is 0. The first-order valence-corrected chi connectivity index (χ1v) is 6.86. The number of urea groups is 1. The molecule has 3 N–H and O–H groups in total. The van der Waals surface area contributed by atoms with Crippen LogP contribution >= 0.6 is 11.8 Å². The zero-order valence-electron chi connectivity index (χ0n) is 11.0. The van der Waals surface area contributed by atoms with Gasteiger partial charge in [0.05, 0.1) is 0 Å². The molecule has 0 aliphatic carbocycles. The van der Waals surface area contributed by atoms with Crippen LogP contribution in [-0.2, 0) is 4.79 Å². The summed E-state index contributed by atoms with van der Waals surface area (Å²) >= 11 is 1.62. The molecule has 0 aliphatic heterocycles. The first kappa shape index (κ1) is 16.1. The summed E-state index contributed by atoms with van der Waals surface area (Å²) in [5.41, 5.74) is -0.522. The van der Waals surface area contributed by atoms with Crippen molar-refractivity contribution in [2.45, 2.75) is 39.8 Å². The summed E-state index contributed by atoms with van der Waals surface area (Å²) in [6.45, 7) is 7.20. The fourth-order valence-corrected chi connectivity index (χ4v) is 1.92. The maximum atomic E-state index is 11.6. The van der Waals surface area contributed by atoms with Crippen LogP contribution in [0.15, 0.2) is 0 Å². The lowest BCUT2D eigenvalue weighted by Gasteiger charge is -2.28. The van der Waals surface area contributed by atoms with Gasteiger partial charge in [0.15, 0.2) is 0 Å². The van der Waals surface area contributed by atoms with Crippen molar-refractivity contribution >= 4 is 23.8 Å². The Morgan fingerprint density at radius 1 is 1.29 bits per heavy atom. The summed E-state index contributed by atoms with van der Waals surface area (Å²) in [5, 5.41) is 14.2. The van der Waals surface area contributed by atoms with Gasteiger partial charge in [-0.25, -0.2) is 9.59 Å². The van der Waals surface area contributed by atoms with Crippen molar-refractivity contribution in [2.75, 3.05) is 12.0 Å². The molecule has 0 aliphatic rings. The molecule has 0 saturated carbocycles. The Hall–Kier alpha value is -0.910. The molecule has 0 bridgehead atoms. The molecule has 6 heteroatoms. The molecule has 0 fully saturated rings. The molecule has 0 aromatic heterocycles. The highest BCUT2D eigenvalue weighted by Crippen LogP contribution is 2.19. The van der Waals surface area contributed by atoms with Crippen LogP contribution in [0.4, 0.5) is 4.79 Å². The molecule has 1 unspecified atom stereocenters. The zero-order chi connectivity index (χ0) is 13.6. The van der Waals surface area contributed by atoms with Crippen molar-refractivity contribution in [3.8, 4) is 0 Å². The van der Waals surface area contributed by atoms with Gasteiger partial charge in [-0.3, -0.25) is 0 Å². The second kappa shape index (κ2) is 6.74. The standard InChI is InChI=1S/C11H22N2O3S/c1-7(6-17-5)12-10(16)13-8(9(14)15)11(2,3)4/h7-8H,6H2,1-5H3,(H,14,15)(H2,12,13,16)/t7?,8-/m1/s1. The number of carbonyl (C=O) groups is 2. The van der Waals surface area contributed by atoms with E-state index < -0.39 is 23.5 Å². The Labute approximate surface area is 107 Å². The monoisotopic (exact) mass is 262 g/mol. The molecule has 100 valence electrons. The van der Waals surface area contributed by atoms with Crippen LogP contribution in [0.2, 0.25) is 0 Å². The summed E-state index contributed by atoms with van der Waals surface area (Å²) in [4.78, 5) is 22.6. The molecular formula is C11H22N2O3S. The highest BCUT2D eigenvalue weighted by atomic mass is 32.2. The number of thioether (sulfide) groups is 1. The minimum Gasteiger partial charge on any atom is -0.480 e. The highest BCUT2D eigenvalue weighted by Gasteiger charge is 2.32. The summed E-state index contributed by atoms with van der Waals surface area (Å²) in [5.74, 6) is -0.231. The van der Waals surface area contributed by atoms with E-state index in [1.807, 2.05) is 13.2 Å². The SMILES string of the molecule is CSCC(C)NC(=O)N[C@H](C(=O)O)C(C)(C)C. The van der Waals surface area contributed by atoms with Gasteiger partial charge in [-0.05, 0) is 18.6 Å². The third-order valence-electron chi connectivity index (χ3n) is 2.18. The van der Waals surface area contributed by atoms with Crippen LogP contribution in [0.25, 0.3) is 0 Å². The van der Waals surface area contributed by atoms with Gasteiger partial charge >= 0.3 is 12.0 Å². The van der Waals surface area contributed by atoms with Crippen molar-refractivity contribution in [3.63, 3.8) is 0 Å². The lowest BCUT2D eigenvalue weighted by Crippen LogP contribution is -2.53. The molecule has 5 nitrogen and oxygen atoms in total. The topological polar surface area (TPSA) is 78.4 Å². The fraction of sp³-hybridized carbons (Fsp3) is 0.818. The number of carboxylic acid groups (broad SMARTS) is 1. The molecule has 0 spiro atoms. The Balaban J connectivity index is 4.38. The van der Waals surface area contributed by atoms with E-state index in [0.29, 0.717) is 0 Å². The molecule has 0 radical (unpaired) electrons. The summed E-state index contributed by atoms with van der Waals surface area (Å²) < 4.78 is 0. The van der Waals surface area contributed by atoms with Crippen molar-refractivity contribution in [2.24, 2.45) is 5.41 Å². The maximum absolute atomic E-state index is 11.6. The number of rotatable bonds is 5. The number of hydrogen-bond acceptors (Lipinski definition) is 3. The van der Waals surface area contributed by atoms with Crippen LogP contribution in [0.5, 0.6) is 0 Å². The zero-order valence-corrected chi connectivity index (χ0v) is 11.9. The Kier molecular flexibility index (Phi) is 6.37. The van der Waals surface area contributed by atoms with E-state index in [2.05, 4.69) is 10.6 Å². The van der Waals surface area contributed by atoms with Gasteiger partial charge in [-0.2, -0.15) is 11.8 Å². The molecule has 0 rings (SSSR count). The van der Waals surface area contributed by atoms with Crippen molar-refractivity contribution in [1.29, 1.82) is 0 Å². The van der Waals surface area contributed by atoms with E-state index in [1.54, 1.807) is 32.5 Å². The first-order chi connectivity index (χ1) is 7.68. The Morgan fingerprint density at radius 3 is 2.18 bits per heavy atom. The average Bonchev–Trinajstić information content (AvgIpc) is 2.12. The van der Waals surface area contributed by atoms with E-state index in [9.17, 15) is 9.59 Å². The smallest absolute Gasteiger partial charge is 0.326 e. The van der Waals surface area contributed by atoms with E-state index in [0.717, 1.165) is 5.75 Å². The molecular weight excluding hydrogens is 240 g/mol. The van der Waals surface area contributed by atoms with Crippen molar-refractivity contribution < 1.29 is 14.7 Å². The van der Waals surface area contributed by atoms with Gasteiger partial charge in [-0.1, -0.05) is 20.8 Å². The maximum Gasteiger partial charge on any atom is 0.326 e. The molecule has 0 aromatic carbocycles. The predicted molar refractivity (Wildman–Crippen MR) is 70.4 cm³/mol. The van der Waals surface area contributed by atoms with E-state index in [-0.39, 0.29) is 6.04 Å². The second-order valence-electron chi connectivity index (χ2n) is 5.11. The largest absolute Gasteiger partial charge is 0.480 e. The molecule has 0 aromatic rings. The van der Waals surface area contributed by atoms with E-state index >= 15 is 0 Å². The number of amides is 2. The van der Waals surface area contributed by atoms with Gasteiger partial charge in [0.1, 0.15) is 6.04 Å². The number of nitrogens with one attached hydrogen (secondary N) is 2. The summed E-state index contributed by atoms with van der Waals surface area (Å²) in [6, 6.07) is -1.32. The number of carbonyl (C=O) groups excluding carboxylic acids is 1. The van der Waals surface area contributed by atoms with E-state index in [4.69, 9.17) is 5.11 Å². The highest BCUT2D eigenvalue weighted by molar-refractivity contribution is 7.98.